The van der Waals surface area contributed by atoms with Gasteiger partial charge >= 0.3 is 0 Å². The molecule has 0 radical (unpaired) electrons. The van der Waals surface area contributed by atoms with Crippen LogP contribution in [0.25, 0.3) is 11.0 Å². The molecular formula is C16H14BrN3. The minimum absolute atomic E-state index is 0.871. The van der Waals surface area contributed by atoms with Crippen LogP contribution >= 0.6 is 15.9 Å². The van der Waals surface area contributed by atoms with E-state index in [0.717, 1.165) is 33.3 Å². The summed E-state index contributed by atoms with van der Waals surface area (Å²) in [5.74, 6) is 0. The normalized spacial score (nSPS) is 10.7. The smallest absolute Gasteiger partial charge is 0.112 e. The first-order valence-corrected chi connectivity index (χ1v) is 7.32. The molecule has 0 saturated carbocycles. The van der Waals surface area contributed by atoms with Crippen LogP contribution < -0.4 is 5.32 Å². The number of pyridine rings is 2. The van der Waals surface area contributed by atoms with Crippen molar-refractivity contribution in [2.24, 2.45) is 0 Å². The molecule has 0 spiro atoms. The molecule has 1 aromatic carbocycles. The molecule has 3 rings (SSSR count). The first-order valence-electron chi connectivity index (χ1n) is 6.52. The standard InChI is InChI=1S/C16H14BrN3/c1-2-11-4-3-5-13(8-11)20-14-6-7-18-15-9-12(17)10-19-16(14)15/h3-10H,2H2,1H3,(H,18,20). The molecule has 0 fully saturated rings. The van der Waals surface area contributed by atoms with Gasteiger partial charge in [-0.05, 0) is 52.2 Å². The van der Waals surface area contributed by atoms with Gasteiger partial charge in [-0.3, -0.25) is 9.97 Å². The van der Waals surface area contributed by atoms with Gasteiger partial charge in [-0.15, -0.1) is 0 Å². The van der Waals surface area contributed by atoms with E-state index in [1.165, 1.54) is 5.56 Å². The molecule has 20 heavy (non-hydrogen) atoms. The third-order valence-corrected chi connectivity index (χ3v) is 3.59. The Morgan fingerprint density at radius 1 is 1.15 bits per heavy atom. The maximum absolute atomic E-state index is 4.45. The number of fused-ring (bicyclic) bond motifs is 1. The van der Waals surface area contributed by atoms with Gasteiger partial charge in [-0.1, -0.05) is 19.1 Å². The molecule has 0 unspecified atom stereocenters. The molecule has 0 bridgehead atoms. The first kappa shape index (κ1) is 13.1. The van der Waals surface area contributed by atoms with Gasteiger partial charge < -0.3 is 5.32 Å². The molecule has 2 aromatic heterocycles. The molecule has 0 atom stereocenters. The molecule has 3 aromatic rings. The third-order valence-electron chi connectivity index (χ3n) is 3.16. The number of anilines is 2. The number of nitrogens with one attached hydrogen (secondary N) is 1. The maximum Gasteiger partial charge on any atom is 0.112 e. The Labute approximate surface area is 126 Å². The molecule has 4 heteroatoms. The zero-order valence-electron chi connectivity index (χ0n) is 11.1. The highest BCUT2D eigenvalue weighted by Crippen LogP contribution is 2.25. The topological polar surface area (TPSA) is 37.8 Å². The summed E-state index contributed by atoms with van der Waals surface area (Å²) in [7, 11) is 0. The summed E-state index contributed by atoms with van der Waals surface area (Å²) in [6.07, 6.45) is 4.61. The molecule has 3 nitrogen and oxygen atoms in total. The summed E-state index contributed by atoms with van der Waals surface area (Å²) < 4.78 is 0.933. The minimum atomic E-state index is 0.871. The number of halogens is 1. The molecule has 0 saturated heterocycles. The van der Waals surface area contributed by atoms with Crippen molar-refractivity contribution < 1.29 is 0 Å². The second-order valence-electron chi connectivity index (χ2n) is 4.56. The third kappa shape index (κ3) is 2.65. The van der Waals surface area contributed by atoms with Gasteiger partial charge in [0.05, 0.1) is 11.2 Å². The number of hydrogen-bond acceptors (Lipinski definition) is 3. The number of aromatic nitrogens is 2. The molecule has 0 amide bonds. The van der Waals surface area contributed by atoms with E-state index in [2.05, 4.69) is 62.4 Å². The van der Waals surface area contributed by atoms with Crippen LogP contribution in [0.15, 0.2) is 53.3 Å². The van der Waals surface area contributed by atoms with Crippen molar-refractivity contribution in [3.05, 3.63) is 58.8 Å². The van der Waals surface area contributed by atoms with E-state index in [0.29, 0.717) is 0 Å². The van der Waals surface area contributed by atoms with Gasteiger partial charge in [0.15, 0.2) is 0 Å². The summed E-state index contributed by atoms with van der Waals surface area (Å²) in [5, 5.41) is 3.42. The number of rotatable bonds is 3. The van der Waals surface area contributed by atoms with E-state index in [1.807, 2.05) is 12.1 Å². The average molecular weight is 328 g/mol. The van der Waals surface area contributed by atoms with E-state index in [-0.39, 0.29) is 0 Å². The van der Waals surface area contributed by atoms with Gasteiger partial charge in [0, 0.05) is 22.6 Å². The summed E-state index contributed by atoms with van der Waals surface area (Å²) >= 11 is 3.42. The number of benzene rings is 1. The second kappa shape index (κ2) is 5.59. The van der Waals surface area contributed by atoms with Crippen molar-refractivity contribution in [1.82, 2.24) is 9.97 Å². The Kier molecular flexibility index (Phi) is 3.65. The van der Waals surface area contributed by atoms with Crippen molar-refractivity contribution in [2.75, 3.05) is 5.32 Å². The Hall–Kier alpha value is -1.94. The Bertz CT molecular complexity index is 756. The fourth-order valence-corrected chi connectivity index (χ4v) is 2.45. The van der Waals surface area contributed by atoms with Crippen molar-refractivity contribution in [1.29, 1.82) is 0 Å². The van der Waals surface area contributed by atoms with Crippen LogP contribution in [0.2, 0.25) is 0 Å². The van der Waals surface area contributed by atoms with Crippen LogP contribution in [0.1, 0.15) is 12.5 Å². The molecular weight excluding hydrogens is 314 g/mol. The predicted molar refractivity (Wildman–Crippen MR) is 86.3 cm³/mol. The Balaban J connectivity index is 2.02. The van der Waals surface area contributed by atoms with Crippen molar-refractivity contribution >= 4 is 38.3 Å². The van der Waals surface area contributed by atoms with Crippen molar-refractivity contribution in [3.8, 4) is 0 Å². The van der Waals surface area contributed by atoms with Gasteiger partial charge in [0.2, 0.25) is 0 Å². The van der Waals surface area contributed by atoms with Crippen LogP contribution in [-0.2, 0) is 6.42 Å². The lowest BCUT2D eigenvalue weighted by Crippen LogP contribution is -1.95. The number of nitrogens with zero attached hydrogens (tertiary/aromatic N) is 2. The molecule has 0 aliphatic rings. The van der Waals surface area contributed by atoms with E-state index in [4.69, 9.17) is 0 Å². The lowest BCUT2D eigenvalue weighted by atomic mass is 10.1. The minimum Gasteiger partial charge on any atom is -0.354 e. The molecule has 0 aliphatic carbocycles. The zero-order valence-corrected chi connectivity index (χ0v) is 12.7. The van der Waals surface area contributed by atoms with E-state index < -0.39 is 0 Å². The number of aryl methyl sites for hydroxylation is 1. The Morgan fingerprint density at radius 2 is 2.05 bits per heavy atom. The van der Waals surface area contributed by atoms with Gasteiger partial charge in [0.25, 0.3) is 0 Å². The average Bonchev–Trinajstić information content (AvgIpc) is 2.47. The summed E-state index contributed by atoms with van der Waals surface area (Å²) in [4.78, 5) is 8.79. The summed E-state index contributed by atoms with van der Waals surface area (Å²) in [5.41, 5.74) is 5.09. The fourth-order valence-electron chi connectivity index (χ4n) is 2.13. The van der Waals surface area contributed by atoms with Gasteiger partial charge in [0.1, 0.15) is 5.52 Å². The highest BCUT2D eigenvalue weighted by molar-refractivity contribution is 9.10. The van der Waals surface area contributed by atoms with Crippen molar-refractivity contribution in [2.45, 2.75) is 13.3 Å². The zero-order chi connectivity index (χ0) is 13.9. The van der Waals surface area contributed by atoms with Crippen LogP contribution in [0.5, 0.6) is 0 Å². The predicted octanol–water partition coefficient (Wildman–Crippen LogP) is 4.70. The lowest BCUT2D eigenvalue weighted by molar-refractivity contribution is 1.14. The maximum atomic E-state index is 4.45. The second-order valence-corrected chi connectivity index (χ2v) is 5.47. The Morgan fingerprint density at radius 3 is 2.90 bits per heavy atom. The summed E-state index contributed by atoms with van der Waals surface area (Å²) in [6, 6.07) is 12.3. The number of hydrogen-bond donors (Lipinski definition) is 1. The molecule has 100 valence electrons. The fraction of sp³-hybridized carbons (Fsp3) is 0.125. The molecule has 2 heterocycles. The van der Waals surface area contributed by atoms with E-state index >= 15 is 0 Å². The SMILES string of the molecule is CCc1cccc(Nc2ccnc3cc(Br)cnc23)c1. The van der Waals surface area contributed by atoms with Gasteiger partial charge in [-0.25, -0.2) is 0 Å². The van der Waals surface area contributed by atoms with Gasteiger partial charge in [-0.2, -0.15) is 0 Å². The van der Waals surface area contributed by atoms with E-state index in [9.17, 15) is 0 Å². The van der Waals surface area contributed by atoms with Crippen LogP contribution in [-0.4, -0.2) is 9.97 Å². The highest BCUT2D eigenvalue weighted by atomic mass is 79.9. The largest absolute Gasteiger partial charge is 0.354 e. The first-order chi connectivity index (χ1) is 9.76. The van der Waals surface area contributed by atoms with E-state index in [1.54, 1.807) is 12.4 Å². The molecule has 0 aliphatic heterocycles. The van der Waals surface area contributed by atoms with Crippen molar-refractivity contribution in [3.63, 3.8) is 0 Å². The lowest BCUT2D eigenvalue weighted by Gasteiger charge is -2.10. The van der Waals surface area contributed by atoms with Crippen LogP contribution in [0.3, 0.4) is 0 Å². The quantitative estimate of drug-likeness (QED) is 0.757. The highest BCUT2D eigenvalue weighted by Gasteiger charge is 2.04. The summed E-state index contributed by atoms with van der Waals surface area (Å²) in [6.45, 7) is 2.15. The van der Waals surface area contributed by atoms with Crippen LogP contribution in [0.4, 0.5) is 11.4 Å². The monoisotopic (exact) mass is 327 g/mol. The molecule has 1 N–H and O–H groups in total. The van der Waals surface area contributed by atoms with Crippen LogP contribution in [0, 0.1) is 0 Å².